The fraction of sp³-hybridized carbons (Fsp3) is 0.812. The maximum absolute atomic E-state index is 6.52. The van der Waals surface area contributed by atoms with E-state index in [9.17, 15) is 0 Å². The molecule has 1 aliphatic carbocycles. The molecule has 1 heterocycles. The molecule has 0 saturated heterocycles. The molecule has 1 aromatic rings. The maximum atomic E-state index is 6.52. The van der Waals surface area contributed by atoms with Gasteiger partial charge in [-0.15, -0.1) is 0 Å². The van der Waals surface area contributed by atoms with Crippen LogP contribution in [0.25, 0.3) is 0 Å². The van der Waals surface area contributed by atoms with Gasteiger partial charge in [0, 0.05) is 25.9 Å². The van der Waals surface area contributed by atoms with Crippen molar-refractivity contribution in [2.45, 2.75) is 64.0 Å². The number of rotatable bonds is 6. The first-order valence-corrected chi connectivity index (χ1v) is 7.93. The van der Waals surface area contributed by atoms with Gasteiger partial charge in [-0.2, -0.15) is 5.10 Å². The van der Waals surface area contributed by atoms with Gasteiger partial charge >= 0.3 is 0 Å². The van der Waals surface area contributed by atoms with Crippen molar-refractivity contribution in [1.82, 2.24) is 9.78 Å². The average molecular weight is 279 g/mol. The van der Waals surface area contributed by atoms with Crippen LogP contribution in [0, 0.1) is 5.92 Å². The number of hydrogen-bond acceptors (Lipinski definition) is 3. The van der Waals surface area contributed by atoms with Crippen molar-refractivity contribution >= 4 is 0 Å². The Bertz CT molecular complexity index is 408. The van der Waals surface area contributed by atoms with Gasteiger partial charge in [0.2, 0.25) is 0 Å². The van der Waals surface area contributed by atoms with Gasteiger partial charge in [0.15, 0.2) is 0 Å². The van der Waals surface area contributed by atoms with Crippen molar-refractivity contribution in [3.8, 4) is 0 Å². The Morgan fingerprint density at radius 3 is 2.75 bits per heavy atom. The largest absolute Gasteiger partial charge is 0.374 e. The van der Waals surface area contributed by atoms with Crippen LogP contribution in [0.5, 0.6) is 0 Å². The van der Waals surface area contributed by atoms with Crippen molar-refractivity contribution in [1.29, 1.82) is 0 Å². The molecule has 0 bridgehead atoms. The zero-order chi connectivity index (χ0) is 14.6. The van der Waals surface area contributed by atoms with E-state index in [-0.39, 0.29) is 11.6 Å². The summed E-state index contributed by atoms with van der Waals surface area (Å²) < 4.78 is 7.98. The van der Waals surface area contributed by atoms with Crippen LogP contribution in [0.2, 0.25) is 0 Å². The smallest absolute Gasteiger partial charge is 0.0832 e. The van der Waals surface area contributed by atoms with Gasteiger partial charge in [-0.1, -0.05) is 6.92 Å². The summed E-state index contributed by atoms with van der Waals surface area (Å²) in [5.74, 6) is 0.814. The second kappa shape index (κ2) is 6.72. The van der Waals surface area contributed by atoms with E-state index in [1.165, 1.54) is 18.4 Å². The Kier molecular flexibility index (Phi) is 5.22. The first-order chi connectivity index (χ1) is 9.55. The predicted molar refractivity (Wildman–Crippen MR) is 81.5 cm³/mol. The van der Waals surface area contributed by atoms with E-state index in [0.717, 1.165) is 38.2 Å². The summed E-state index contributed by atoms with van der Waals surface area (Å²) >= 11 is 0. The quantitative estimate of drug-likeness (QED) is 0.871. The van der Waals surface area contributed by atoms with E-state index in [2.05, 4.69) is 25.1 Å². The maximum Gasteiger partial charge on any atom is 0.0832 e. The number of aromatic nitrogens is 2. The van der Waals surface area contributed by atoms with E-state index < -0.39 is 0 Å². The minimum absolute atomic E-state index is 0.0938. The van der Waals surface area contributed by atoms with Gasteiger partial charge in [-0.3, -0.25) is 4.68 Å². The lowest BCUT2D eigenvalue weighted by atomic mass is 9.74. The topological polar surface area (TPSA) is 53.1 Å². The van der Waals surface area contributed by atoms with Gasteiger partial charge in [-0.05, 0) is 56.9 Å². The number of hydrogen-bond donors (Lipinski definition) is 1. The zero-order valence-electron chi connectivity index (χ0n) is 13.1. The Hall–Kier alpha value is -0.870. The molecule has 1 unspecified atom stereocenters. The predicted octanol–water partition coefficient (Wildman–Crippen LogP) is 2.67. The van der Waals surface area contributed by atoms with Crippen molar-refractivity contribution in [2.24, 2.45) is 18.7 Å². The molecule has 1 aliphatic rings. The second-order valence-electron chi connectivity index (χ2n) is 6.35. The monoisotopic (exact) mass is 279 g/mol. The Morgan fingerprint density at radius 1 is 1.50 bits per heavy atom. The molecule has 2 rings (SSSR count). The molecule has 0 aliphatic heterocycles. The molecular weight excluding hydrogens is 250 g/mol. The van der Waals surface area contributed by atoms with E-state index in [1.807, 2.05) is 17.9 Å². The summed E-state index contributed by atoms with van der Waals surface area (Å²) in [5, 5.41) is 4.22. The average Bonchev–Trinajstić information content (AvgIpc) is 2.85. The zero-order valence-corrected chi connectivity index (χ0v) is 13.1. The fourth-order valence-electron chi connectivity index (χ4n) is 3.35. The third kappa shape index (κ3) is 3.61. The van der Waals surface area contributed by atoms with E-state index in [4.69, 9.17) is 10.5 Å². The molecule has 4 nitrogen and oxygen atoms in total. The van der Waals surface area contributed by atoms with Crippen LogP contribution < -0.4 is 5.73 Å². The van der Waals surface area contributed by atoms with Crippen molar-refractivity contribution in [3.05, 3.63) is 18.0 Å². The highest BCUT2D eigenvalue weighted by Crippen LogP contribution is 2.37. The van der Waals surface area contributed by atoms with Crippen LogP contribution in [0.15, 0.2) is 12.4 Å². The van der Waals surface area contributed by atoms with Crippen LogP contribution in [0.1, 0.15) is 51.5 Å². The third-order valence-electron chi connectivity index (χ3n) is 4.73. The molecule has 114 valence electrons. The van der Waals surface area contributed by atoms with Crippen LogP contribution in [-0.2, 0) is 18.2 Å². The molecule has 1 aromatic heterocycles. The van der Waals surface area contributed by atoms with E-state index in [1.54, 1.807) is 0 Å². The van der Waals surface area contributed by atoms with Crippen LogP contribution in [0.4, 0.5) is 0 Å². The molecule has 0 radical (unpaired) electrons. The highest BCUT2D eigenvalue weighted by molar-refractivity contribution is 5.05. The van der Waals surface area contributed by atoms with Crippen LogP contribution >= 0.6 is 0 Å². The molecule has 1 atom stereocenters. The van der Waals surface area contributed by atoms with E-state index >= 15 is 0 Å². The summed E-state index contributed by atoms with van der Waals surface area (Å²) in [4.78, 5) is 0. The second-order valence-corrected chi connectivity index (χ2v) is 6.35. The van der Waals surface area contributed by atoms with Gasteiger partial charge in [0.1, 0.15) is 0 Å². The lowest BCUT2D eigenvalue weighted by molar-refractivity contribution is -0.0898. The highest BCUT2D eigenvalue weighted by atomic mass is 16.5. The van der Waals surface area contributed by atoms with Gasteiger partial charge < -0.3 is 10.5 Å². The molecule has 1 saturated carbocycles. The summed E-state index contributed by atoms with van der Waals surface area (Å²) in [7, 11) is 1.95. The standard InChI is InChI=1S/C16H29N3O/c1-4-20-16(9-7-13(2)8-10-16)15(17)6-5-14-11-18-19(3)12-14/h11-13,15H,4-10,17H2,1-3H3. The van der Waals surface area contributed by atoms with Gasteiger partial charge in [0.05, 0.1) is 11.8 Å². The minimum atomic E-state index is -0.0938. The molecule has 4 heteroatoms. The molecule has 0 amide bonds. The molecular formula is C16H29N3O. The molecule has 20 heavy (non-hydrogen) atoms. The molecule has 0 spiro atoms. The third-order valence-corrected chi connectivity index (χ3v) is 4.73. The van der Waals surface area contributed by atoms with Crippen LogP contribution in [-0.4, -0.2) is 28.0 Å². The molecule has 1 fully saturated rings. The van der Waals surface area contributed by atoms with Crippen molar-refractivity contribution in [2.75, 3.05) is 6.61 Å². The summed E-state index contributed by atoms with van der Waals surface area (Å²) in [6.45, 7) is 5.17. The highest BCUT2D eigenvalue weighted by Gasteiger charge is 2.39. The van der Waals surface area contributed by atoms with E-state index in [0.29, 0.717) is 0 Å². The Labute approximate surface area is 122 Å². The van der Waals surface area contributed by atoms with Gasteiger partial charge in [0.25, 0.3) is 0 Å². The first-order valence-electron chi connectivity index (χ1n) is 7.93. The summed E-state index contributed by atoms with van der Waals surface area (Å²) in [6.07, 6.45) is 10.7. The number of ether oxygens (including phenoxy) is 1. The number of nitrogens with two attached hydrogens (primary N) is 1. The van der Waals surface area contributed by atoms with Gasteiger partial charge in [-0.25, -0.2) is 0 Å². The SMILES string of the molecule is CCOC1(C(N)CCc2cnn(C)c2)CCC(C)CC1. The molecule has 2 N–H and O–H groups in total. The van der Waals surface area contributed by atoms with Crippen molar-refractivity contribution in [3.63, 3.8) is 0 Å². The normalized spacial score (nSPS) is 28.5. The molecule has 0 aromatic carbocycles. The number of aryl methyl sites for hydroxylation is 2. The first kappa shape index (κ1) is 15.5. The lowest BCUT2D eigenvalue weighted by Gasteiger charge is -2.43. The Balaban J connectivity index is 1.94. The Morgan fingerprint density at radius 2 is 2.20 bits per heavy atom. The van der Waals surface area contributed by atoms with Crippen LogP contribution in [0.3, 0.4) is 0 Å². The van der Waals surface area contributed by atoms with Crippen molar-refractivity contribution < 1.29 is 4.74 Å². The summed E-state index contributed by atoms with van der Waals surface area (Å²) in [5.41, 5.74) is 7.69. The summed E-state index contributed by atoms with van der Waals surface area (Å²) in [6, 6.07) is 0.121. The minimum Gasteiger partial charge on any atom is -0.374 e. The number of nitrogens with zero attached hydrogens (tertiary/aromatic N) is 2. The fourth-order valence-corrected chi connectivity index (χ4v) is 3.35. The lowest BCUT2D eigenvalue weighted by Crippen LogP contribution is -2.52.